The highest BCUT2D eigenvalue weighted by molar-refractivity contribution is 5.83. The summed E-state index contributed by atoms with van der Waals surface area (Å²) in [6, 6.07) is 8.77. The molecule has 0 bridgehead atoms. The molecule has 0 unspecified atom stereocenters. The SMILES string of the molecule is COCCNCc1cccc2ccn(CCC(C)C)c12. The average Bonchev–Trinajstić information content (AvgIpc) is 2.85. The standard InChI is InChI=1S/C17H26N2O/c1-14(2)7-10-19-11-8-15-5-4-6-16(17(15)19)13-18-9-12-20-3/h4-6,8,11,14,18H,7,9-10,12-13H2,1-3H3. The topological polar surface area (TPSA) is 26.2 Å². The van der Waals surface area contributed by atoms with Crippen molar-refractivity contribution >= 4 is 10.9 Å². The van der Waals surface area contributed by atoms with Crippen molar-refractivity contribution in [2.24, 2.45) is 5.92 Å². The van der Waals surface area contributed by atoms with Crippen LogP contribution in [0.3, 0.4) is 0 Å². The van der Waals surface area contributed by atoms with Crippen LogP contribution < -0.4 is 5.32 Å². The molecule has 0 aliphatic heterocycles. The van der Waals surface area contributed by atoms with Crippen molar-refractivity contribution < 1.29 is 4.74 Å². The zero-order valence-corrected chi connectivity index (χ0v) is 12.9. The molecule has 20 heavy (non-hydrogen) atoms. The van der Waals surface area contributed by atoms with Crippen LogP contribution in [0, 0.1) is 5.92 Å². The van der Waals surface area contributed by atoms with Crippen LogP contribution in [0.1, 0.15) is 25.8 Å². The normalized spacial score (nSPS) is 11.6. The molecule has 0 amide bonds. The summed E-state index contributed by atoms with van der Waals surface area (Å²) in [6.45, 7) is 8.18. The average molecular weight is 274 g/mol. The first-order valence-electron chi connectivity index (χ1n) is 7.48. The van der Waals surface area contributed by atoms with Gasteiger partial charge in [0.2, 0.25) is 0 Å². The summed E-state index contributed by atoms with van der Waals surface area (Å²) in [5, 5.41) is 4.77. The molecule has 2 aromatic rings. The van der Waals surface area contributed by atoms with Crippen LogP contribution >= 0.6 is 0 Å². The van der Waals surface area contributed by atoms with E-state index in [0.29, 0.717) is 0 Å². The lowest BCUT2D eigenvalue weighted by atomic mass is 10.1. The molecule has 1 aromatic carbocycles. The van der Waals surface area contributed by atoms with Crippen molar-refractivity contribution in [1.82, 2.24) is 9.88 Å². The molecular weight excluding hydrogens is 248 g/mol. The highest BCUT2D eigenvalue weighted by Crippen LogP contribution is 2.21. The fourth-order valence-corrected chi connectivity index (χ4v) is 2.46. The highest BCUT2D eigenvalue weighted by Gasteiger charge is 2.07. The summed E-state index contributed by atoms with van der Waals surface area (Å²) >= 11 is 0. The van der Waals surface area contributed by atoms with Crippen LogP contribution in [-0.4, -0.2) is 24.8 Å². The summed E-state index contributed by atoms with van der Waals surface area (Å²) < 4.78 is 7.46. The van der Waals surface area contributed by atoms with Gasteiger partial charge in [0, 0.05) is 32.9 Å². The summed E-state index contributed by atoms with van der Waals surface area (Å²) in [6.07, 6.45) is 3.43. The van der Waals surface area contributed by atoms with E-state index in [4.69, 9.17) is 4.74 Å². The van der Waals surface area contributed by atoms with E-state index in [2.05, 4.69) is 54.2 Å². The summed E-state index contributed by atoms with van der Waals surface area (Å²) in [7, 11) is 1.74. The fraction of sp³-hybridized carbons (Fsp3) is 0.529. The maximum absolute atomic E-state index is 5.07. The number of para-hydroxylation sites is 1. The lowest BCUT2D eigenvalue weighted by Gasteiger charge is -2.12. The van der Waals surface area contributed by atoms with E-state index in [1.807, 2.05) is 0 Å². The quantitative estimate of drug-likeness (QED) is 0.746. The number of ether oxygens (including phenoxy) is 1. The van der Waals surface area contributed by atoms with Gasteiger partial charge in [0.1, 0.15) is 0 Å². The minimum absolute atomic E-state index is 0.736. The van der Waals surface area contributed by atoms with Gasteiger partial charge < -0.3 is 14.6 Å². The second-order valence-electron chi connectivity index (χ2n) is 5.72. The van der Waals surface area contributed by atoms with Crippen LogP contribution in [0.25, 0.3) is 10.9 Å². The number of benzene rings is 1. The summed E-state index contributed by atoms with van der Waals surface area (Å²) in [5.41, 5.74) is 2.74. The third-order valence-electron chi connectivity index (χ3n) is 3.62. The number of hydrogen-bond donors (Lipinski definition) is 1. The second-order valence-corrected chi connectivity index (χ2v) is 5.72. The van der Waals surface area contributed by atoms with Gasteiger partial charge in [0.05, 0.1) is 12.1 Å². The van der Waals surface area contributed by atoms with E-state index in [1.54, 1.807) is 7.11 Å². The van der Waals surface area contributed by atoms with E-state index < -0.39 is 0 Å². The Labute approximate surface area is 121 Å². The third-order valence-corrected chi connectivity index (χ3v) is 3.62. The minimum atomic E-state index is 0.736. The smallest absolute Gasteiger partial charge is 0.0587 e. The molecule has 110 valence electrons. The number of hydrogen-bond acceptors (Lipinski definition) is 2. The van der Waals surface area contributed by atoms with Crippen molar-refractivity contribution in [3.8, 4) is 0 Å². The van der Waals surface area contributed by atoms with Crippen LogP contribution in [0.2, 0.25) is 0 Å². The van der Waals surface area contributed by atoms with E-state index in [0.717, 1.165) is 32.2 Å². The highest BCUT2D eigenvalue weighted by atomic mass is 16.5. The molecule has 1 heterocycles. The number of aromatic nitrogens is 1. The Morgan fingerprint density at radius 3 is 2.85 bits per heavy atom. The number of aryl methyl sites for hydroxylation is 1. The van der Waals surface area contributed by atoms with Crippen LogP contribution in [-0.2, 0) is 17.8 Å². The van der Waals surface area contributed by atoms with Gasteiger partial charge >= 0.3 is 0 Å². The molecule has 3 heteroatoms. The van der Waals surface area contributed by atoms with Crippen LogP contribution in [0.5, 0.6) is 0 Å². The maximum atomic E-state index is 5.07. The van der Waals surface area contributed by atoms with E-state index in [-0.39, 0.29) is 0 Å². The van der Waals surface area contributed by atoms with Crippen molar-refractivity contribution in [2.45, 2.75) is 33.4 Å². The minimum Gasteiger partial charge on any atom is -0.383 e. The zero-order chi connectivity index (χ0) is 14.4. The van der Waals surface area contributed by atoms with Gasteiger partial charge in [-0.3, -0.25) is 0 Å². The Bertz CT molecular complexity index is 531. The zero-order valence-electron chi connectivity index (χ0n) is 12.9. The predicted molar refractivity (Wildman–Crippen MR) is 85.0 cm³/mol. The molecule has 0 spiro atoms. The van der Waals surface area contributed by atoms with Gasteiger partial charge in [0.25, 0.3) is 0 Å². The third kappa shape index (κ3) is 3.84. The lowest BCUT2D eigenvalue weighted by Crippen LogP contribution is -2.19. The summed E-state index contributed by atoms with van der Waals surface area (Å²) in [5.74, 6) is 0.736. The van der Waals surface area contributed by atoms with E-state index in [1.165, 1.54) is 22.9 Å². The van der Waals surface area contributed by atoms with Gasteiger partial charge in [-0.2, -0.15) is 0 Å². The van der Waals surface area contributed by atoms with E-state index >= 15 is 0 Å². The first-order valence-corrected chi connectivity index (χ1v) is 7.48. The van der Waals surface area contributed by atoms with Crippen LogP contribution in [0.4, 0.5) is 0 Å². The van der Waals surface area contributed by atoms with Crippen LogP contribution in [0.15, 0.2) is 30.5 Å². The molecule has 0 radical (unpaired) electrons. The molecule has 0 atom stereocenters. The predicted octanol–water partition coefficient (Wildman–Crippen LogP) is 3.42. The fourth-order valence-electron chi connectivity index (χ4n) is 2.46. The molecular formula is C17H26N2O. The van der Waals surface area contributed by atoms with Gasteiger partial charge in [-0.25, -0.2) is 0 Å². The van der Waals surface area contributed by atoms with Crippen molar-refractivity contribution in [1.29, 1.82) is 0 Å². The molecule has 1 aromatic heterocycles. The largest absolute Gasteiger partial charge is 0.383 e. The summed E-state index contributed by atoms with van der Waals surface area (Å²) in [4.78, 5) is 0. The van der Waals surface area contributed by atoms with Gasteiger partial charge in [0.15, 0.2) is 0 Å². The number of methoxy groups -OCH3 is 1. The number of nitrogens with one attached hydrogen (secondary N) is 1. The molecule has 3 nitrogen and oxygen atoms in total. The number of nitrogens with zero attached hydrogens (tertiary/aromatic N) is 1. The van der Waals surface area contributed by atoms with E-state index in [9.17, 15) is 0 Å². The number of rotatable bonds is 8. The maximum Gasteiger partial charge on any atom is 0.0587 e. The molecule has 0 fully saturated rings. The first kappa shape index (κ1) is 15.1. The molecule has 1 N–H and O–H groups in total. The Morgan fingerprint density at radius 1 is 1.25 bits per heavy atom. The first-order chi connectivity index (χ1) is 9.72. The molecule has 0 saturated heterocycles. The lowest BCUT2D eigenvalue weighted by molar-refractivity contribution is 0.199. The van der Waals surface area contributed by atoms with Crippen molar-refractivity contribution in [3.05, 3.63) is 36.0 Å². The Kier molecular flexibility index (Phi) is 5.62. The second kappa shape index (κ2) is 7.46. The van der Waals surface area contributed by atoms with Crippen molar-refractivity contribution in [2.75, 3.05) is 20.3 Å². The van der Waals surface area contributed by atoms with Gasteiger partial charge in [-0.15, -0.1) is 0 Å². The monoisotopic (exact) mass is 274 g/mol. The molecule has 0 aliphatic rings. The van der Waals surface area contributed by atoms with Gasteiger partial charge in [-0.1, -0.05) is 32.0 Å². The Balaban J connectivity index is 2.13. The Morgan fingerprint density at radius 2 is 2.10 bits per heavy atom. The van der Waals surface area contributed by atoms with Crippen molar-refractivity contribution in [3.63, 3.8) is 0 Å². The molecule has 0 aliphatic carbocycles. The van der Waals surface area contributed by atoms with Gasteiger partial charge in [-0.05, 0) is 29.4 Å². The molecule has 0 saturated carbocycles. The Hall–Kier alpha value is -1.32. The number of fused-ring (bicyclic) bond motifs is 1. The molecule has 2 rings (SSSR count).